The van der Waals surface area contributed by atoms with Gasteiger partial charge in [0.25, 0.3) is 0 Å². The summed E-state index contributed by atoms with van der Waals surface area (Å²) < 4.78 is 11.4. The van der Waals surface area contributed by atoms with Crippen molar-refractivity contribution >= 4 is 0 Å². The van der Waals surface area contributed by atoms with Gasteiger partial charge in [-0.15, -0.1) is 0 Å². The van der Waals surface area contributed by atoms with Crippen molar-refractivity contribution in [2.24, 2.45) is 5.84 Å². The molecule has 0 amide bonds. The largest absolute Gasteiger partial charge is 0.493 e. The summed E-state index contributed by atoms with van der Waals surface area (Å²) in [4.78, 5) is 0. The van der Waals surface area contributed by atoms with Crippen molar-refractivity contribution in [2.45, 2.75) is 38.3 Å². The van der Waals surface area contributed by atoms with Crippen LogP contribution in [-0.4, -0.2) is 19.3 Å². The van der Waals surface area contributed by atoms with Crippen molar-refractivity contribution in [1.82, 2.24) is 5.43 Å². The summed E-state index contributed by atoms with van der Waals surface area (Å²) >= 11 is 0. The number of hydrazine groups is 1. The third-order valence-corrected chi connectivity index (χ3v) is 4.00. The van der Waals surface area contributed by atoms with Gasteiger partial charge in [0.05, 0.1) is 18.2 Å². The number of fused-ring (bicyclic) bond motifs is 1. The second-order valence-corrected chi connectivity index (χ2v) is 4.90. The van der Waals surface area contributed by atoms with Crippen molar-refractivity contribution in [2.75, 3.05) is 13.7 Å². The van der Waals surface area contributed by atoms with Gasteiger partial charge in [0.2, 0.25) is 0 Å². The van der Waals surface area contributed by atoms with Gasteiger partial charge in [-0.2, -0.15) is 0 Å². The molecule has 0 radical (unpaired) electrons. The Labute approximate surface area is 108 Å². The molecule has 1 aliphatic rings. The zero-order valence-electron chi connectivity index (χ0n) is 11.3. The summed E-state index contributed by atoms with van der Waals surface area (Å²) in [5, 5.41) is 0. The molecular weight excluding hydrogens is 228 g/mol. The van der Waals surface area contributed by atoms with E-state index in [1.165, 1.54) is 5.56 Å². The van der Waals surface area contributed by atoms with E-state index in [1.54, 1.807) is 7.11 Å². The van der Waals surface area contributed by atoms with Crippen molar-refractivity contribution < 1.29 is 9.47 Å². The van der Waals surface area contributed by atoms with Crippen LogP contribution in [0, 0.1) is 0 Å². The Balaban J connectivity index is 2.43. The highest BCUT2D eigenvalue weighted by Crippen LogP contribution is 2.39. The Kier molecular flexibility index (Phi) is 3.90. The third-order valence-electron chi connectivity index (χ3n) is 4.00. The Morgan fingerprint density at radius 1 is 1.56 bits per heavy atom. The van der Waals surface area contributed by atoms with Crippen molar-refractivity contribution in [3.63, 3.8) is 0 Å². The number of para-hydroxylation sites is 1. The average Bonchev–Trinajstić information content (AvgIpc) is 2.88. The smallest absolute Gasteiger partial charge is 0.127 e. The zero-order valence-corrected chi connectivity index (χ0v) is 11.3. The normalized spacial score (nSPS) is 18.9. The van der Waals surface area contributed by atoms with E-state index < -0.39 is 0 Å². The first-order valence-corrected chi connectivity index (χ1v) is 6.42. The molecule has 0 spiro atoms. The maximum Gasteiger partial charge on any atom is 0.127 e. The highest BCUT2D eigenvalue weighted by Gasteiger charge is 2.36. The van der Waals surface area contributed by atoms with E-state index in [9.17, 15) is 0 Å². The second-order valence-electron chi connectivity index (χ2n) is 4.90. The Hall–Kier alpha value is -1.10. The van der Waals surface area contributed by atoms with Crippen molar-refractivity contribution in [1.29, 1.82) is 0 Å². The summed E-state index contributed by atoms with van der Waals surface area (Å²) in [5.74, 6) is 6.72. The molecule has 100 valence electrons. The van der Waals surface area contributed by atoms with Gasteiger partial charge in [-0.3, -0.25) is 5.84 Å². The maximum absolute atomic E-state index is 5.75. The number of hydrogen-bond donors (Lipinski definition) is 2. The molecule has 1 aromatic rings. The van der Waals surface area contributed by atoms with Crippen LogP contribution in [0.2, 0.25) is 0 Å². The fourth-order valence-corrected chi connectivity index (χ4v) is 2.53. The van der Waals surface area contributed by atoms with Crippen LogP contribution in [0.4, 0.5) is 0 Å². The van der Waals surface area contributed by atoms with E-state index in [0.717, 1.165) is 30.8 Å². The first-order chi connectivity index (χ1) is 8.66. The van der Waals surface area contributed by atoms with Gasteiger partial charge >= 0.3 is 0 Å². The van der Waals surface area contributed by atoms with Crippen LogP contribution in [0.3, 0.4) is 0 Å². The lowest BCUT2D eigenvalue weighted by Crippen LogP contribution is -2.45. The number of nitrogens with two attached hydrogens (primary N) is 1. The molecule has 0 fully saturated rings. The standard InChI is InChI=1S/C14H22N2O2/c1-4-14(2,17-3)13(16-15)11-7-5-6-10-8-9-18-12(10)11/h5-7,13,16H,4,8-9,15H2,1-3H3. The van der Waals surface area contributed by atoms with Crippen LogP contribution in [0.15, 0.2) is 18.2 Å². The van der Waals surface area contributed by atoms with E-state index >= 15 is 0 Å². The number of ether oxygens (including phenoxy) is 2. The van der Waals surface area contributed by atoms with Gasteiger partial charge in [0.15, 0.2) is 0 Å². The summed E-state index contributed by atoms with van der Waals surface area (Å²) in [5.41, 5.74) is 4.87. The average molecular weight is 250 g/mol. The molecule has 18 heavy (non-hydrogen) atoms. The van der Waals surface area contributed by atoms with Gasteiger partial charge < -0.3 is 9.47 Å². The van der Waals surface area contributed by atoms with Crippen LogP contribution >= 0.6 is 0 Å². The van der Waals surface area contributed by atoms with Gasteiger partial charge in [-0.05, 0) is 18.9 Å². The van der Waals surface area contributed by atoms with Gasteiger partial charge in [-0.1, -0.05) is 25.1 Å². The topological polar surface area (TPSA) is 56.5 Å². The van der Waals surface area contributed by atoms with E-state index in [-0.39, 0.29) is 11.6 Å². The lowest BCUT2D eigenvalue weighted by Gasteiger charge is -2.36. The lowest BCUT2D eigenvalue weighted by molar-refractivity contribution is -0.0305. The highest BCUT2D eigenvalue weighted by atomic mass is 16.5. The fraction of sp³-hybridized carbons (Fsp3) is 0.571. The van der Waals surface area contributed by atoms with Crippen LogP contribution < -0.4 is 16.0 Å². The van der Waals surface area contributed by atoms with Crippen LogP contribution in [0.25, 0.3) is 0 Å². The number of benzene rings is 1. The zero-order chi connectivity index (χ0) is 13.2. The fourth-order valence-electron chi connectivity index (χ4n) is 2.53. The quantitative estimate of drug-likeness (QED) is 0.619. The monoisotopic (exact) mass is 250 g/mol. The molecule has 2 rings (SSSR count). The lowest BCUT2D eigenvalue weighted by atomic mass is 9.87. The molecule has 4 nitrogen and oxygen atoms in total. The number of methoxy groups -OCH3 is 1. The molecule has 3 N–H and O–H groups in total. The summed E-state index contributed by atoms with van der Waals surface area (Å²) in [6, 6.07) is 6.14. The van der Waals surface area contributed by atoms with E-state index in [2.05, 4.69) is 37.5 Å². The highest BCUT2D eigenvalue weighted by molar-refractivity contribution is 5.46. The van der Waals surface area contributed by atoms with Gasteiger partial charge in [0, 0.05) is 19.1 Å². The molecule has 1 heterocycles. The van der Waals surface area contributed by atoms with E-state index in [0.29, 0.717) is 0 Å². The molecule has 4 heteroatoms. The Morgan fingerprint density at radius 2 is 2.33 bits per heavy atom. The molecule has 0 aromatic heterocycles. The predicted octanol–water partition coefficient (Wildman–Crippen LogP) is 1.94. The van der Waals surface area contributed by atoms with Gasteiger partial charge in [0.1, 0.15) is 5.75 Å². The minimum Gasteiger partial charge on any atom is -0.493 e. The van der Waals surface area contributed by atoms with E-state index in [4.69, 9.17) is 15.3 Å². The summed E-state index contributed by atoms with van der Waals surface area (Å²) in [7, 11) is 1.72. The van der Waals surface area contributed by atoms with Crippen molar-refractivity contribution in [3.05, 3.63) is 29.3 Å². The Bertz CT molecular complexity index is 416. The van der Waals surface area contributed by atoms with Crippen molar-refractivity contribution in [3.8, 4) is 5.75 Å². The van der Waals surface area contributed by atoms with Crippen LogP contribution in [-0.2, 0) is 11.2 Å². The first kappa shape index (κ1) is 13.3. The summed E-state index contributed by atoms with van der Waals surface area (Å²) in [6.45, 7) is 4.91. The third kappa shape index (κ3) is 2.11. The SMILES string of the molecule is CCC(C)(OC)C(NN)c1cccc2c1OCC2. The van der Waals surface area contributed by atoms with Gasteiger partial charge in [-0.25, -0.2) is 5.43 Å². The number of hydrogen-bond acceptors (Lipinski definition) is 4. The van der Waals surface area contributed by atoms with E-state index in [1.807, 2.05) is 0 Å². The molecule has 0 saturated carbocycles. The Morgan fingerprint density at radius 3 is 2.94 bits per heavy atom. The minimum absolute atomic E-state index is 0.0828. The minimum atomic E-state index is -0.351. The molecule has 0 aliphatic carbocycles. The summed E-state index contributed by atoms with van der Waals surface area (Å²) in [6.07, 6.45) is 1.83. The molecule has 0 saturated heterocycles. The molecule has 1 aliphatic heterocycles. The van der Waals surface area contributed by atoms with Crippen LogP contribution in [0.5, 0.6) is 5.75 Å². The predicted molar refractivity (Wildman–Crippen MR) is 71.4 cm³/mol. The molecule has 2 unspecified atom stereocenters. The second kappa shape index (κ2) is 5.26. The molecule has 1 aromatic carbocycles. The molecule has 2 atom stereocenters. The maximum atomic E-state index is 5.75. The van der Waals surface area contributed by atoms with Crippen LogP contribution in [0.1, 0.15) is 37.4 Å². The molecular formula is C14H22N2O2. The molecule has 0 bridgehead atoms. The number of nitrogens with one attached hydrogen (secondary N) is 1. The first-order valence-electron chi connectivity index (χ1n) is 6.42. The number of rotatable bonds is 5.